The van der Waals surface area contributed by atoms with Crippen LogP contribution in [0.25, 0.3) is 0 Å². The molecule has 0 unspecified atom stereocenters. The van der Waals surface area contributed by atoms with Gasteiger partial charge in [-0.2, -0.15) is 0 Å². The number of nitrogens with two attached hydrogens (primary N) is 1. The fourth-order valence-corrected chi connectivity index (χ4v) is 3.58. The lowest BCUT2D eigenvalue weighted by molar-refractivity contribution is 0.662. The maximum Gasteiger partial charge on any atom is 0.133 e. The molecule has 2 aliphatic rings. The van der Waals surface area contributed by atoms with E-state index in [-0.39, 0.29) is 0 Å². The number of aryl methyl sites for hydroxylation is 2. The minimum absolute atomic E-state index is 0.572. The summed E-state index contributed by atoms with van der Waals surface area (Å²) in [6.45, 7) is 2.48. The Bertz CT molecular complexity index is 653. The highest BCUT2D eigenvalue weighted by atomic mass is 15.2. The van der Waals surface area contributed by atoms with Gasteiger partial charge in [0.1, 0.15) is 5.82 Å². The number of hydrogen-bond acceptors (Lipinski definition) is 3. The van der Waals surface area contributed by atoms with E-state index in [4.69, 9.17) is 10.7 Å². The molecule has 3 nitrogen and oxygen atoms in total. The number of nitrogens with zero attached hydrogens (tertiary/aromatic N) is 2. The van der Waals surface area contributed by atoms with Crippen molar-refractivity contribution < 1.29 is 0 Å². The molecule has 2 aromatic rings. The summed E-state index contributed by atoms with van der Waals surface area (Å²) in [6, 6.07) is 11.0. The smallest absolute Gasteiger partial charge is 0.133 e. The molecular formula is C18H21N3. The molecule has 1 aromatic carbocycles. The van der Waals surface area contributed by atoms with E-state index in [1.165, 1.54) is 40.8 Å². The third-order valence-electron chi connectivity index (χ3n) is 4.72. The Hall–Kier alpha value is -1.87. The van der Waals surface area contributed by atoms with E-state index in [1.54, 1.807) is 0 Å². The Labute approximate surface area is 125 Å². The van der Waals surface area contributed by atoms with Crippen LogP contribution in [0.2, 0.25) is 0 Å². The molecule has 0 saturated heterocycles. The van der Waals surface area contributed by atoms with E-state index in [1.807, 2.05) is 0 Å². The number of rotatable bonds is 2. The van der Waals surface area contributed by atoms with Crippen molar-refractivity contribution in [3.05, 3.63) is 58.3 Å². The van der Waals surface area contributed by atoms with Crippen LogP contribution >= 0.6 is 0 Å². The summed E-state index contributed by atoms with van der Waals surface area (Å²) in [5.41, 5.74) is 12.7. The molecule has 0 fully saturated rings. The molecule has 4 rings (SSSR count). The summed E-state index contributed by atoms with van der Waals surface area (Å²) in [6.07, 6.45) is 4.83. The second-order valence-corrected chi connectivity index (χ2v) is 6.11. The summed E-state index contributed by atoms with van der Waals surface area (Å²) in [5, 5.41) is 0. The van der Waals surface area contributed by atoms with E-state index in [0.717, 1.165) is 31.7 Å². The third-order valence-corrected chi connectivity index (χ3v) is 4.72. The van der Waals surface area contributed by atoms with Gasteiger partial charge >= 0.3 is 0 Å². The summed E-state index contributed by atoms with van der Waals surface area (Å²) >= 11 is 0. The standard InChI is InChI=1S/C18H21N3/c19-10-16-9-13-5-3-4-8-17(13)20-18(16)21-11-14-6-1-2-7-15(14)12-21/h1-2,6-7,9H,3-5,8,10-12,19H2. The fraction of sp³-hybridized carbons (Fsp3) is 0.389. The lowest BCUT2D eigenvalue weighted by atomic mass is 9.94. The number of anilines is 1. The molecule has 108 valence electrons. The fourth-order valence-electron chi connectivity index (χ4n) is 3.58. The van der Waals surface area contributed by atoms with Crippen LogP contribution in [-0.4, -0.2) is 4.98 Å². The highest BCUT2D eigenvalue weighted by molar-refractivity contribution is 5.54. The zero-order valence-electron chi connectivity index (χ0n) is 12.3. The second kappa shape index (κ2) is 5.15. The van der Waals surface area contributed by atoms with Crippen molar-refractivity contribution >= 4 is 5.82 Å². The Morgan fingerprint density at radius 3 is 2.43 bits per heavy atom. The molecule has 1 aromatic heterocycles. The van der Waals surface area contributed by atoms with Gasteiger partial charge in [-0.15, -0.1) is 0 Å². The van der Waals surface area contributed by atoms with Gasteiger partial charge in [-0.05, 0) is 48.4 Å². The van der Waals surface area contributed by atoms with Gasteiger partial charge in [-0.3, -0.25) is 0 Å². The highest BCUT2D eigenvalue weighted by Crippen LogP contribution is 2.32. The van der Waals surface area contributed by atoms with E-state index < -0.39 is 0 Å². The van der Waals surface area contributed by atoms with Gasteiger partial charge in [-0.25, -0.2) is 4.98 Å². The second-order valence-electron chi connectivity index (χ2n) is 6.11. The van der Waals surface area contributed by atoms with Crippen molar-refractivity contribution in [3.63, 3.8) is 0 Å². The molecule has 0 radical (unpaired) electrons. The van der Waals surface area contributed by atoms with Gasteiger partial charge < -0.3 is 10.6 Å². The molecule has 2 N–H and O–H groups in total. The van der Waals surface area contributed by atoms with Crippen molar-refractivity contribution in [1.29, 1.82) is 0 Å². The molecule has 1 aliphatic carbocycles. The van der Waals surface area contributed by atoms with E-state index in [0.29, 0.717) is 6.54 Å². The Morgan fingerprint density at radius 1 is 1.00 bits per heavy atom. The van der Waals surface area contributed by atoms with E-state index in [9.17, 15) is 0 Å². The van der Waals surface area contributed by atoms with Crippen molar-refractivity contribution in [1.82, 2.24) is 4.98 Å². The first-order chi connectivity index (χ1) is 10.3. The number of pyridine rings is 1. The normalized spacial score (nSPS) is 16.7. The Balaban J connectivity index is 1.72. The molecule has 0 saturated carbocycles. The molecule has 21 heavy (non-hydrogen) atoms. The van der Waals surface area contributed by atoms with Crippen LogP contribution < -0.4 is 10.6 Å². The third kappa shape index (κ3) is 2.22. The van der Waals surface area contributed by atoms with Crippen LogP contribution in [0.1, 0.15) is 40.8 Å². The SMILES string of the molecule is NCc1cc2c(nc1N1Cc3ccccc3C1)CCCC2. The van der Waals surface area contributed by atoms with Crippen LogP contribution in [-0.2, 0) is 32.5 Å². The minimum atomic E-state index is 0.572. The maximum absolute atomic E-state index is 5.99. The molecule has 1 aliphatic heterocycles. The van der Waals surface area contributed by atoms with Gasteiger partial charge in [0.2, 0.25) is 0 Å². The van der Waals surface area contributed by atoms with Crippen LogP contribution in [0.4, 0.5) is 5.82 Å². The Morgan fingerprint density at radius 2 is 1.71 bits per heavy atom. The average molecular weight is 279 g/mol. The molecule has 0 atom stereocenters. The van der Waals surface area contributed by atoms with Gasteiger partial charge in [0, 0.05) is 30.9 Å². The first-order valence-corrected chi connectivity index (χ1v) is 7.88. The summed E-state index contributed by atoms with van der Waals surface area (Å²) in [5.74, 6) is 1.11. The number of hydrogen-bond donors (Lipinski definition) is 1. The molecular weight excluding hydrogens is 258 g/mol. The van der Waals surface area contributed by atoms with E-state index >= 15 is 0 Å². The van der Waals surface area contributed by atoms with Crippen molar-refractivity contribution in [3.8, 4) is 0 Å². The molecule has 0 amide bonds. The van der Waals surface area contributed by atoms with Crippen molar-refractivity contribution in [2.75, 3.05) is 4.90 Å². The zero-order valence-corrected chi connectivity index (χ0v) is 12.3. The number of aromatic nitrogens is 1. The summed E-state index contributed by atoms with van der Waals surface area (Å²) in [7, 11) is 0. The van der Waals surface area contributed by atoms with E-state index in [2.05, 4.69) is 35.2 Å². The van der Waals surface area contributed by atoms with Crippen LogP contribution in [0.3, 0.4) is 0 Å². The van der Waals surface area contributed by atoms with Crippen LogP contribution in [0.5, 0.6) is 0 Å². The number of fused-ring (bicyclic) bond motifs is 2. The predicted molar refractivity (Wildman–Crippen MR) is 85.1 cm³/mol. The lowest BCUT2D eigenvalue weighted by Gasteiger charge is -2.24. The topological polar surface area (TPSA) is 42.1 Å². The average Bonchev–Trinajstić information content (AvgIpc) is 2.97. The monoisotopic (exact) mass is 279 g/mol. The molecule has 0 spiro atoms. The van der Waals surface area contributed by atoms with Gasteiger partial charge in [0.25, 0.3) is 0 Å². The summed E-state index contributed by atoms with van der Waals surface area (Å²) in [4.78, 5) is 7.37. The van der Waals surface area contributed by atoms with Crippen LogP contribution in [0, 0.1) is 0 Å². The Kier molecular flexibility index (Phi) is 3.15. The molecule has 2 heterocycles. The van der Waals surface area contributed by atoms with Crippen molar-refractivity contribution in [2.45, 2.75) is 45.3 Å². The summed E-state index contributed by atoms with van der Waals surface area (Å²) < 4.78 is 0. The first kappa shape index (κ1) is 12.8. The lowest BCUT2D eigenvalue weighted by Crippen LogP contribution is -2.21. The molecule has 0 bridgehead atoms. The quantitative estimate of drug-likeness (QED) is 0.919. The minimum Gasteiger partial charge on any atom is -0.348 e. The first-order valence-electron chi connectivity index (χ1n) is 7.88. The van der Waals surface area contributed by atoms with Gasteiger partial charge in [0.15, 0.2) is 0 Å². The molecule has 3 heteroatoms. The van der Waals surface area contributed by atoms with Crippen molar-refractivity contribution in [2.24, 2.45) is 5.73 Å². The predicted octanol–water partition coefficient (Wildman–Crippen LogP) is 2.94. The van der Waals surface area contributed by atoms with Gasteiger partial charge in [0.05, 0.1) is 0 Å². The maximum atomic E-state index is 5.99. The van der Waals surface area contributed by atoms with Crippen LogP contribution in [0.15, 0.2) is 30.3 Å². The largest absolute Gasteiger partial charge is 0.348 e. The zero-order chi connectivity index (χ0) is 14.2. The highest BCUT2D eigenvalue weighted by Gasteiger charge is 2.23. The number of benzene rings is 1. The van der Waals surface area contributed by atoms with Gasteiger partial charge in [-0.1, -0.05) is 24.3 Å².